The third kappa shape index (κ3) is 2.81. The van der Waals surface area contributed by atoms with Gasteiger partial charge in [0.05, 0.1) is 11.6 Å². The van der Waals surface area contributed by atoms with Gasteiger partial charge in [-0.2, -0.15) is 4.98 Å². The smallest absolute Gasteiger partial charge is 0.292 e. The summed E-state index contributed by atoms with van der Waals surface area (Å²) < 4.78 is 10.6. The highest BCUT2D eigenvalue weighted by molar-refractivity contribution is 5.95. The van der Waals surface area contributed by atoms with Crippen LogP contribution in [0.15, 0.2) is 51.6 Å². The maximum atomic E-state index is 13.0. The molecule has 0 N–H and O–H groups in total. The number of benzene rings is 1. The number of nitrogens with zero attached hydrogens (tertiary/aromatic N) is 5. The van der Waals surface area contributed by atoms with E-state index in [4.69, 9.17) is 9.05 Å². The molecule has 9 nitrogen and oxygen atoms in total. The number of likely N-dealkylation sites (tertiary alicyclic amines) is 2. The van der Waals surface area contributed by atoms with Crippen LogP contribution in [0.4, 0.5) is 0 Å². The minimum Gasteiger partial charge on any atom is -0.351 e. The number of hydrogen-bond donors (Lipinski definition) is 0. The summed E-state index contributed by atoms with van der Waals surface area (Å²) in [6, 6.07) is 10.7. The van der Waals surface area contributed by atoms with Crippen molar-refractivity contribution in [3.8, 4) is 0 Å². The lowest BCUT2D eigenvalue weighted by Gasteiger charge is -2.25. The number of carbonyl (C=O) groups excluding carboxylic acids is 2. The number of carbonyl (C=O) groups is 2. The first kappa shape index (κ1) is 17.6. The van der Waals surface area contributed by atoms with Crippen molar-refractivity contribution in [3.05, 3.63) is 65.6 Å². The Bertz CT molecular complexity index is 1050. The molecule has 2 fully saturated rings. The third-order valence-electron chi connectivity index (χ3n) is 5.81. The zero-order valence-electron chi connectivity index (χ0n) is 15.8. The second-order valence-corrected chi connectivity index (χ2v) is 7.61. The minimum atomic E-state index is -0.596. The molecule has 2 amide bonds. The van der Waals surface area contributed by atoms with Crippen LogP contribution < -0.4 is 0 Å². The molecule has 0 radical (unpaired) electrons. The van der Waals surface area contributed by atoms with Crippen molar-refractivity contribution in [2.75, 3.05) is 26.2 Å². The van der Waals surface area contributed by atoms with Gasteiger partial charge in [0.1, 0.15) is 0 Å². The van der Waals surface area contributed by atoms with Crippen LogP contribution in [0.1, 0.15) is 32.6 Å². The van der Waals surface area contributed by atoms with Crippen molar-refractivity contribution in [1.29, 1.82) is 0 Å². The molecule has 9 heteroatoms. The van der Waals surface area contributed by atoms with E-state index in [0.717, 1.165) is 0 Å². The zero-order valence-corrected chi connectivity index (χ0v) is 15.8. The van der Waals surface area contributed by atoms with Crippen molar-refractivity contribution in [1.82, 2.24) is 25.1 Å². The van der Waals surface area contributed by atoms with E-state index < -0.39 is 5.41 Å². The van der Waals surface area contributed by atoms with Crippen molar-refractivity contribution in [3.63, 3.8) is 0 Å². The summed E-state index contributed by atoms with van der Waals surface area (Å²) in [5.41, 5.74) is 0.0420. The molecule has 2 unspecified atom stereocenters. The fourth-order valence-corrected chi connectivity index (χ4v) is 4.42. The normalized spacial score (nSPS) is 23.4. The molecule has 148 valence electrons. The van der Waals surface area contributed by atoms with Crippen molar-refractivity contribution >= 4 is 11.8 Å². The number of hydrogen-bond acceptors (Lipinski definition) is 7. The molecule has 4 heterocycles. The lowest BCUT2D eigenvalue weighted by Crippen LogP contribution is -2.41. The number of rotatable bonds is 3. The topological polar surface area (TPSA) is 106 Å². The highest BCUT2D eigenvalue weighted by Crippen LogP contribution is 2.45. The average Bonchev–Trinajstić information content (AvgIpc) is 3.50. The fraction of sp³-hybridized carbons (Fsp3) is 0.350. The summed E-state index contributed by atoms with van der Waals surface area (Å²) in [5, 5.41) is 7.56. The zero-order chi connectivity index (χ0) is 20.0. The molecule has 1 aromatic carbocycles. The maximum absolute atomic E-state index is 13.0. The molecule has 29 heavy (non-hydrogen) atoms. The number of aromatic nitrogens is 3. The Morgan fingerprint density at radius 1 is 1.03 bits per heavy atom. The van der Waals surface area contributed by atoms with Gasteiger partial charge >= 0.3 is 0 Å². The Morgan fingerprint density at radius 3 is 2.38 bits per heavy atom. The predicted molar refractivity (Wildman–Crippen MR) is 99.0 cm³/mol. The lowest BCUT2D eigenvalue weighted by atomic mass is 9.81. The van der Waals surface area contributed by atoms with Gasteiger partial charge in [0.15, 0.2) is 5.82 Å². The highest BCUT2D eigenvalue weighted by Gasteiger charge is 2.59. The molecule has 0 spiro atoms. The molecule has 2 aliphatic heterocycles. The van der Waals surface area contributed by atoms with Gasteiger partial charge in [-0.1, -0.05) is 28.5 Å². The van der Waals surface area contributed by atoms with Crippen LogP contribution in [-0.2, 0) is 5.41 Å². The highest BCUT2D eigenvalue weighted by atomic mass is 16.5. The summed E-state index contributed by atoms with van der Waals surface area (Å²) in [7, 11) is 0. The SMILES string of the molecule is Cc1noc(C23CN(C(=O)c4ccccc4)CC2CN(C(=O)c2ccno2)C3)n1. The molecule has 2 atom stereocenters. The fourth-order valence-electron chi connectivity index (χ4n) is 4.42. The predicted octanol–water partition coefficient (Wildman–Crippen LogP) is 1.53. The summed E-state index contributed by atoms with van der Waals surface area (Å²) in [6.07, 6.45) is 1.45. The molecular formula is C20H19N5O4. The van der Waals surface area contributed by atoms with E-state index in [9.17, 15) is 9.59 Å². The average molecular weight is 393 g/mol. The third-order valence-corrected chi connectivity index (χ3v) is 5.81. The van der Waals surface area contributed by atoms with Crippen molar-refractivity contribution in [2.24, 2.45) is 5.92 Å². The number of fused-ring (bicyclic) bond motifs is 1. The van der Waals surface area contributed by atoms with Crippen LogP contribution in [0.25, 0.3) is 0 Å². The second kappa shape index (κ2) is 6.54. The van der Waals surface area contributed by atoms with Gasteiger partial charge in [0.2, 0.25) is 11.7 Å². The Hall–Kier alpha value is -3.49. The van der Waals surface area contributed by atoms with Gasteiger partial charge in [0.25, 0.3) is 11.8 Å². The van der Waals surface area contributed by atoms with Crippen LogP contribution >= 0.6 is 0 Å². The first-order valence-corrected chi connectivity index (χ1v) is 9.42. The van der Waals surface area contributed by atoms with Crippen LogP contribution in [-0.4, -0.2) is 63.1 Å². The Balaban J connectivity index is 1.46. The summed E-state index contributed by atoms with van der Waals surface area (Å²) >= 11 is 0. The molecule has 3 aromatic rings. The van der Waals surface area contributed by atoms with Crippen LogP contribution in [0.2, 0.25) is 0 Å². The molecule has 2 aromatic heterocycles. The molecule has 0 aliphatic carbocycles. The maximum Gasteiger partial charge on any atom is 0.292 e. The van der Waals surface area contributed by atoms with E-state index in [2.05, 4.69) is 15.3 Å². The van der Waals surface area contributed by atoms with Crippen LogP contribution in [0, 0.1) is 12.8 Å². The van der Waals surface area contributed by atoms with E-state index in [0.29, 0.717) is 43.5 Å². The van der Waals surface area contributed by atoms with Crippen molar-refractivity contribution in [2.45, 2.75) is 12.3 Å². The molecule has 5 rings (SSSR count). The molecular weight excluding hydrogens is 374 g/mol. The van der Waals surface area contributed by atoms with Gasteiger partial charge in [0, 0.05) is 43.7 Å². The number of aryl methyl sites for hydroxylation is 1. The molecule has 0 saturated carbocycles. The first-order valence-electron chi connectivity index (χ1n) is 9.42. The minimum absolute atomic E-state index is 0.0121. The van der Waals surface area contributed by atoms with E-state index in [1.165, 1.54) is 6.20 Å². The standard InChI is InChI=1S/C20H19N5O4/c1-13-22-19(29-23-13)20-11-24(17(26)14-5-3-2-4-6-14)9-15(20)10-25(12-20)18(27)16-7-8-21-28-16/h2-8,15H,9-12H2,1H3. The van der Waals surface area contributed by atoms with E-state index in [1.807, 2.05) is 23.1 Å². The van der Waals surface area contributed by atoms with E-state index >= 15 is 0 Å². The summed E-state index contributed by atoms with van der Waals surface area (Å²) in [5.74, 6) is 0.912. The quantitative estimate of drug-likeness (QED) is 0.664. The van der Waals surface area contributed by atoms with Gasteiger partial charge in [-0.25, -0.2) is 0 Å². The van der Waals surface area contributed by atoms with E-state index in [-0.39, 0.29) is 23.5 Å². The first-order chi connectivity index (χ1) is 14.1. The van der Waals surface area contributed by atoms with Gasteiger partial charge in [-0.3, -0.25) is 9.59 Å². The summed E-state index contributed by atoms with van der Waals surface area (Å²) in [6.45, 7) is 3.52. The van der Waals surface area contributed by atoms with Gasteiger partial charge in [-0.05, 0) is 19.1 Å². The molecule has 0 bridgehead atoms. The van der Waals surface area contributed by atoms with Crippen molar-refractivity contribution < 1.29 is 18.6 Å². The Morgan fingerprint density at radius 2 is 1.76 bits per heavy atom. The van der Waals surface area contributed by atoms with E-state index in [1.54, 1.807) is 30.0 Å². The summed E-state index contributed by atoms with van der Waals surface area (Å²) in [4.78, 5) is 33.8. The Kier molecular flexibility index (Phi) is 3.97. The van der Waals surface area contributed by atoms with Crippen LogP contribution in [0.5, 0.6) is 0 Å². The van der Waals surface area contributed by atoms with Crippen LogP contribution in [0.3, 0.4) is 0 Å². The molecule has 2 aliphatic rings. The van der Waals surface area contributed by atoms with Gasteiger partial charge < -0.3 is 18.8 Å². The second-order valence-electron chi connectivity index (χ2n) is 7.61. The largest absolute Gasteiger partial charge is 0.351 e. The monoisotopic (exact) mass is 393 g/mol. The Labute approximate surface area is 166 Å². The van der Waals surface area contributed by atoms with Gasteiger partial charge in [-0.15, -0.1) is 0 Å². The lowest BCUT2D eigenvalue weighted by molar-refractivity contribution is 0.0701. The molecule has 2 saturated heterocycles. The number of amides is 2.